The van der Waals surface area contributed by atoms with Crippen LogP contribution < -0.4 is 16.1 Å². The van der Waals surface area contributed by atoms with E-state index >= 15 is 0 Å². The molecule has 0 aliphatic rings. The molecule has 0 unspecified atom stereocenters. The molecule has 0 aromatic heterocycles. The number of hydrogen-bond donors (Lipinski definition) is 5. The number of rotatable bonds is 6. The van der Waals surface area contributed by atoms with Crippen LogP contribution >= 0.6 is 0 Å². The Morgan fingerprint density at radius 1 is 0.929 bits per heavy atom. The molecule has 3 amide bonds. The van der Waals surface area contributed by atoms with Crippen molar-refractivity contribution in [3.63, 3.8) is 0 Å². The highest BCUT2D eigenvalue weighted by Crippen LogP contribution is 2.22. The molecule has 2 aromatic carbocycles. The van der Waals surface area contributed by atoms with Gasteiger partial charge in [0.05, 0.1) is 12.0 Å². The molecule has 0 saturated carbocycles. The lowest BCUT2D eigenvalue weighted by Crippen LogP contribution is -2.21. The first-order valence-electron chi connectivity index (χ1n) is 8.27. The lowest BCUT2D eigenvalue weighted by atomic mass is 10.2. The van der Waals surface area contributed by atoms with Crippen molar-refractivity contribution in [1.82, 2.24) is 5.43 Å². The molecule has 0 saturated heterocycles. The Balaban J connectivity index is 1.89. The summed E-state index contributed by atoms with van der Waals surface area (Å²) < 4.78 is 0. The number of anilines is 2. The zero-order valence-corrected chi connectivity index (χ0v) is 15.3. The molecule has 2 aromatic rings. The van der Waals surface area contributed by atoms with E-state index in [-0.39, 0.29) is 35.3 Å². The summed E-state index contributed by atoms with van der Waals surface area (Å²) in [6.07, 6.45) is -0.0602. The van der Waals surface area contributed by atoms with Gasteiger partial charge in [-0.1, -0.05) is 0 Å². The van der Waals surface area contributed by atoms with Gasteiger partial charge in [0, 0.05) is 30.1 Å². The largest absolute Gasteiger partial charge is 0.508 e. The summed E-state index contributed by atoms with van der Waals surface area (Å²) in [5.41, 5.74) is 3.69. The van der Waals surface area contributed by atoms with E-state index in [0.29, 0.717) is 17.1 Å². The molecule has 2 rings (SSSR count). The normalized spacial score (nSPS) is 10.9. The van der Waals surface area contributed by atoms with E-state index in [1.54, 1.807) is 31.2 Å². The van der Waals surface area contributed by atoms with E-state index in [1.807, 2.05) is 0 Å². The van der Waals surface area contributed by atoms with Crippen LogP contribution in [0.25, 0.3) is 0 Å². The summed E-state index contributed by atoms with van der Waals surface area (Å²) in [6, 6.07) is 10.1. The lowest BCUT2D eigenvalue weighted by Gasteiger charge is -2.07. The van der Waals surface area contributed by atoms with Gasteiger partial charge in [-0.2, -0.15) is 5.10 Å². The number of carbonyl (C=O) groups excluding carboxylic acids is 3. The van der Waals surface area contributed by atoms with Crippen LogP contribution in [0.3, 0.4) is 0 Å². The van der Waals surface area contributed by atoms with Gasteiger partial charge >= 0.3 is 0 Å². The Bertz CT molecular complexity index is 922. The zero-order chi connectivity index (χ0) is 20.7. The average molecular weight is 384 g/mol. The van der Waals surface area contributed by atoms with E-state index in [9.17, 15) is 24.6 Å². The maximum atomic E-state index is 12.0. The number of nitrogens with one attached hydrogen (secondary N) is 3. The summed E-state index contributed by atoms with van der Waals surface area (Å²) in [6.45, 7) is 2.97. The van der Waals surface area contributed by atoms with E-state index in [2.05, 4.69) is 21.2 Å². The number of aromatic hydroxyl groups is 2. The molecule has 28 heavy (non-hydrogen) atoms. The maximum absolute atomic E-state index is 12.0. The molecule has 9 heteroatoms. The molecule has 0 radical (unpaired) electrons. The van der Waals surface area contributed by atoms with Gasteiger partial charge in [-0.3, -0.25) is 14.4 Å². The number of nitrogens with zero attached hydrogens (tertiary/aromatic N) is 1. The fourth-order valence-electron chi connectivity index (χ4n) is 2.24. The number of phenolic OH excluding ortho intramolecular Hbond substituents is 2. The van der Waals surface area contributed by atoms with Gasteiger partial charge in [-0.25, -0.2) is 5.43 Å². The van der Waals surface area contributed by atoms with Crippen molar-refractivity contribution in [2.75, 3.05) is 10.6 Å². The maximum Gasteiger partial charge on any atom is 0.275 e. The van der Waals surface area contributed by atoms with Crippen molar-refractivity contribution in [1.29, 1.82) is 0 Å². The van der Waals surface area contributed by atoms with E-state index in [1.165, 1.54) is 19.1 Å². The fraction of sp³-hybridized carbons (Fsp3) is 0.158. The third-order valence-electron chi connectivity index (χ3n) is 3.48. The average Bonchev–Trinajstić information content (AvgIpc) is 2.61. The number of hydrogen-bond acceptors (Lipinski definition) is 6. The Labute approximate surface area is 161 Å². The van der Waals surface area contributed by atoms with Crippen molar-refractivity contribution in [3.8, 4) is 11.5 Å². The van der Waals surface area contributed by atoms with E-state index in [4.69, 9.17) is 0 Å². The molecule has 0 atom stereocenters. The van der Waals surface area contributed by atoms with Crippen LogP contribution in [0.5, 0.6) is 11.5 Å². The first kappa shape index (κ1) is 20.4. The molecule has 146 valence electrons. The van der Waals surface area contributed by atoms with Gasteiger partial charge in [-0.05, 0) is 43.3 Å². The highest BCUT2D eigenvalue weighted by molar-refractivity contribution is 6.06. The zero-order valence-electron chi connectivity index (χ0n) is 15.3. The van der Waals surface area contributed by atoms with Gasteiger partial charge in [0.1, 0.15) is 11.5 Å². The van der Waals surface area contributed by atoms with E-state index < -0.39 is 5.91 Å². The molecule has 9 nitrogen and oxygen atoms in total. The summed E-state index contributed by atoms with van der Waals surface area (Å²) in [5.74, 6) is -1.76. The number of benzene rings is 2. The first-order valence-corrected chi connectivity index (χ1v) is 8.27. The van der Waals surface area contributed by atoms with Gasteiger partial charge in [0.25, 0.3) is 5.91 Å². The molecule has 0 bridgehead atoms. The Hall–Kier alpha value is -3.88. The highest BCUT2D eigenvalue weighted by atomic mass is 16.3. The number of phenols is 2. The standard InChI is InChI=1S/C19H20N4O5/c1-11(22-23-19(28)16-8-7-15(25)10-17(16)26)9-18(27)21-14-5-3-13(4-6-14)20-12(2)24/h3-8,10,25-26H,9H2,1-2H3,(H,20,24)(H,21,27)(H,23,28)/b22-11-. The summed E-state index contributed by atoms with van der Waals surface area (Å²) >= 11 is 0. The first-order chi connectivity index (χ1) is 13.2. The van der Waals surface area contributed by atoms with Crippen LogP contribution in [0.4, 0.5) is 11.4 Å². The Morgan fingerprint density at radius 3 is 2.11 bits per heavy atom. The van der Waals surface area contributed by atoms with E-state index in [0.717, 1.165) is 6.07 Å². The van der Waals surface area contributed by atoms with Crippen LogP contribution in [0.2, 0.25) is 0 Å². The molecular weight excluding hydrogens is 364 g/mol. The molecule has 0 heterocycles. The highest BCUT2D eigenvalue weighted by Gasteiger charge is 2.11. The Kier molecular flexibility index (Phi) is 6.69. The third-order valence-corrected chi connectivity index (χ3v) is 3.48. The SMILES string of the molecule is CC(=O)Nc1ccc(NC(=O)C/C(C)=N\NC(=O)c2ccc(O)cc2O)cc1. The molecule has 5 N–H and O–H groups in total. The predicted octanol–water partition coefficient (Wildman–Crippen LogP) is 2.19. The quantitative estimate of drug-likeness (QED) is 0.384. The van der Waals surface area contributed by atoms with Crippen LogP contribution in [0.1, 0.15) is 30.6 Å². The second-order valence-electron chi connectivity index (χ2n) is 5.97. The van der Waals surface area contributed by atoms with Crippen LogP contribution in [-0.4, -0.2) is 33.6 Å². The van der Waals surface area contributed by atoms with Crippen molar-refractivity contribution in [2.24, 2.45) is 5.10 Å². The van der Waals surface area contributed by atoms with Gasteiger partial charge in [-0.15, -0.1) is 0 Å². The van der Waals surface area contributed by atoms with Crippen molar-refractivity contribution >= 4 is 34.8 Å². The lowest BCUT2D eigenvalue weighted by molar-refractivity contribution is -0.115. The van der Waals surface area contributed by atoms with Gasteiger partial charge in [0.15, 0.2) is 0 Å². The number of carbonyl (C=O) groups is 3. The molecule has 0 fully saturated rings. The van der Waals surface area contributed by atoms with Gasteiger partial charge in [0.2, 0.25) is 11.8 Å². The number of amides is 3. The van der Waals surface area contributed by atoms with Crippen molar-refractivity contribution in [3.05, 3.63) is 48.0 Å². The summed E-state index contributed by atoms with van der Waals surface area (Å²) in [7, 11) is 0. The molecule has 0 aliphatic carbocycles. The molecular formula is C19H20N4O5. The molecule has 0 aliphatic heterocycles. The third kappa shape index (κ3) is 6.13. The van der Waals surface area contributed by atoms with Crippen LogP contribution in [-0.2, 0) is 9.59 Å². The topological polar surface area (TPSA) is 140 Å². The summed E-state index contributed by atoms with van der Waals surface area (Å²) in [5, 5.41) is 28.0. The van der Waals surface area contributed by atoms with Crippen LogP contribution in [0.15, 0.2) is 47.6 Å². The minimum absolute atomic E-state index is 0.0574. The predicted molar refractivity (Wildman–Crippen MR) is 104 cm³/mol. The van der Waals surface area contributed by atoms with Crippen molar-refractivity contribution < 1.29 is 24.6 Å². The van der Waals surface area contributed by atoms with Gasteiger partial charge < -0.3 is 20.8 Å². The fourth-order valence-corrected chi connectivity index (χ4v) is 2.24. The summed E-state index contributed by atoms with van der Waals surface area (Å²) in [4.78, 5) is 35.0. The number of hydrazone groups is 1. The second-order valence-corrected chi connectivity index (χ2v) is 5.97. The minimum atomic E-state index is -0.675. The second kappa shape index (κ2) is 9.17. The van der Waals surface area contributed by atoms with Crippen molar-refractivity contribution in [2.45, 2.75) is 20.3 Å². The monoisotopic (exact) mass is 384 g/mol. The Morgan fingerprint density at radius 2 is 1.54 bits per heavy atom. The van der Waals surface area contributed by atoms with Crippen LogP contribution in [0, 0.1) is 0 Å². The molecule has 0 spiro atoms. The minimum Gasteiger partial charge on any atom is -0.508 e. The smallest absolute Gasteiger partial charge is 0.275 e.